The Balaban J connectivity index is 4.08. The van der Waals surface area contributed by atoms with Crippen LogP contribution in [0, 0.1) is 0 Å². The Bertz CT molecular complexity index is 423. The van der Waals surface area contributed by atoms with Gasteiger partial charge >= 0.3 is 0 Å². The second kappa shape index (κ2) is 9.99. The van der Waals surface area contributed by atoms with Crippen molar-refractivity contribution >= 4 is 5.91 Å². The van der Waals surface area contributed by atoms with Crippen molar-refractivity contribution in [2.24, 2.45) is 11.5 Å². The summed E-state index contributed by atoms with van der Waals surface area (Å²) in [6.45, 7) is 16.8. The summed E-state index contributed by atoms with van der Waals surface area (Å²) in [5, 5.41) is 2.85. The number of amides is 1. The van der Waals surface area contributed by atoms with Crippen molar-refractivity contribution in [3.63, 3.8) is 0 Å². The Labute approximate surface area is 159 Å². The van der Waals surface area contributed by atoms with Gasteiger partial charge in [0.1, 0.15) is 11.3 Å². The van der Waals surface area contributed by atoms with E-state index in [4.69, 9.17) is 25.7 Å². The molecule has 0 bridgehead atoms. The predicted molar refractivity (Wildman–Crippen MR) is 105 cm³/mol. The van der Waals surface area contributed by atoms with Crippen molar-refractivity contribution in [3.8, 4) is 0 Å². The Morgan fingerprint density at radius 1 is 0.808 bits per heavy atom. The highest BCUT2D eigenvalue weighted by Crippen LogP contribution is 2.16. The van der Waals surface area contributed by atoms with E-state index in [0.29, 0.717) is 39.2 Å². The summed E-state index contributed by atoms with van der Waals surface area (Å²) < 4.78 is 17.0. The molecule has 0 fully saturated rings. The van der Waals surface area contributed by atoms with Gasteiger partial charge in [-0.1, -0.05) is 0 Å². The van der Waals surface area contributed by atoms with Crippen LogP contribution in [0.25, 0.3) is 0 Å². The Morgan fingerprint density at radius 2 is 1.35 bits per heavy atom. The van der Waals surface area contributed by atoms with Crippen LogP contribution in [0.4, 0.5) is 0 Å². The van der Waals surface area contributed by atoms with Crippen LogP contribution in [0.3, 0.4) is 0 Å². The van der Waals surface area contributed by atoms with Crippen LogP contribution in [0.5, 0.6) is 0 Å². The lowest BCUT2D eigenvalue weighted by molar-refractivity contribution is -0.144. The maximum atomic E-state index is 12.3. The molecule has 156 valence electrons. The summed E-state index contributed by atoms with van der Waals surface area (Å²) in [5.41, 5.74) is 9.51. The van der Waals surface area contributed by atoms with Gasteiger partial charge in [-0.05, 0) is 68.2 Å². The van der Waals surface area contributed by atoms with Gasteiger partial charge in [-0.15, -0.1) is 0 Å². The molecule has 7 nitrogen and oxygen atoms in total. The normalized spacial score (nSPS) is 13.8. The molecule has 0 aromatic carbocycles. The average molecular weight is 376 g/mol. The molecule has 0 saturated carbocycles. The smallest absolute Gasteiger partial charge is 0.251 e. The maximum absolute atomic E-state index is 12.3. The third-order valence-corrected chi connectivity index (χ3v) is 3.81. The molecular weight excluding hydrogens is 334 g/mol. The number of hydrogen-bond donors (Lipinski definition) is 3. The molecule has 0 spiro atoms. The molecule has 0 aromatic rings. The molecule has 0 heterocycles. The van der Waals surface area contributed by atoms with E-state index in [2.05, 4.69) is 5.32 Å². The number of hydrogen-bond acceptors (Lipinski definition) is 6. The van der Waals surface area contributed by atoms with Crippen LogP contribution >= 0.6 is 0 Å². The first-order chi connectivity index (χ1) is 11.5. The van der Waals surface area contributed by atoms with Gasteiger partial charge in [0.25, 0.3) is 5.91 Å². The van der Waals surface area contributed by atoms with Crippen LogP contribution in [0.2, 0.25) is 0 Å². The van der Waals surface area contributed by atoms with Crippen molar-refractivity contribution < 1.29 is 19.0 Å². The SMILES string of the molecule is CC(C)(N)CCOC(C)(C)C(=O)NCCOC(C)(C)CCOC(C)(C)N. The molecule has 5 N–H and O–H groups in total. The van der Waals surface area contributed by atoms with Crippen molar-refractivity contribution in [1.82, 2.24) is 5.32 Å². The maximum Gasteiger partial charge on any atom is 0.251 e. The fourth-order valence-electron chi connectivity index (χ4n) is 1.97. The third kappa shape index (κ3) is 13.5. The van der Waals surface area contributed by atoms with Crippen LogP contribution in [-0.2, 0) is 19.0 Å². The topological polar surface area (TPSA) is 109 Å². The monoisotopic (exact) mass is 375 g/mol. The number of nitrogens with two attached hydrogens (primary N) is 2. The third-order valence-electron chi connectivity index (χ3n) is 3.81. The van der Waals surface area contributed by atoms with Crippen molar-refractivity contribution in [3.05, 3.63) is 0 Å². The molecule has 26 heavy (non-hydrogen) atoms. The van der Waals surface area contributed by atoms with Gasteiger partial charge in [0.15, 0.2) is 0 Å². The second-order valence-corrected chi connectivity index (χ2v) is 9.16. The molecule has 0 atom stereocenters. The zero-order valence-corrected chi connectivity index (χ0v) is 18.0. The minimum absolute atomic E-state index is 0.165. The number of carbonyl (C=O) groups is 1. The number of ether oxygens (including phenoxy) is 3. The molecule has 0 unspecified atom stereocenters. The second-order valence-electron chi connectivity index (χ2n) is 9.16. The molecule has 0 aliphatic carbocycles. The van der Waals surface area contributed by atoms with Crippen LogP contribution in [0.15, 0.2) is 0 Å². The van der Waals surface area contributed by atoms with Crippen molar-refractivity contribution in [2.45, 2.75) is 90.7 Å². The average Bonchev–Trinajstić information content (AvgIpc) is 2.39. The lowest BCUT2D eigenvalue weighted by Gasteiger charge is -2.29. The molecule has 0 aromatic heterocycles. The fraction of sp³-hybridized carbons (Fsp3) is 0.947. The molecule has 0 radical (unpaired) electrons. The van der Waals surface area contributed by atoms with E-state index in [1.807, 2.05) is 41.5 Å². The predicted octanol–water partition coefficient (Wildman–Crippen LogP) is 1.92. The summed E-state index contributed by atoms with van der Waals surface area (Å²) in [6, 6.07) is 0. The van der Waals surface area contributed by atoms with Crippen LogP contribution < -0.4 is 16.8 Å². The zero-order valence-electron chi connectivity index (χ0n) is 18.0. The van der Waals surface area contributed by atoms with Gasteiger partial charge in [-0.2, -0.15) is 0 Å². The lowest BCUT2D eigenvalue weighted by atomic mass is 10.0. The van der Waals surface area contributed by atoms with Crippen LogP contribution in [-0.4, -0.2) is 54.7 Å². The molecule has 0 rings (SSSR count). The highest BCUT2D eigenvalue weighted by atomic mass is 16.5. The highest BCUT2D eigenvalue weighted by molar-refractivity contribution is 5.84. The minimum atomic E-state index is -0.901. The van der Waals surface area contributed by atoms with E-state index in [1.54, 1.807) is 13.8 Å². The summed E-state index contributed by atoms with van der Waals surface area (Å²) in [6.07, 6.45) is 1.40. The Hall–Kier alpha value is -0.730. The zero-order chi connectivity index (χ0) is 20.6. The molecule has 0 aliphatic heterocycles. The summed E-state index contributed by atoms with van der Waals surface area (Å²) in [5.74, 6) is -0.165. The Kier molecular flexibility index (Phi) is 9.71. The highest BCUT2D eigenvalue weighted by Gasteiger charge is 2.29. The van der Waals surface area contributed by atoms with E-state index in [-0.39, 0.29) is 17.0 Å². The fourth-order valence-corrected chi connectivity index (χ4v) is 1.97. The molecule has 7 heteroatoms. The van der Waals surface area contributed by atoms with E-state index in [1.165, 1.54) is 0 Å². The van der Waals surface area contributed by atoms with E-state index in [9.17, 15) is 4.79 Å². The molecule has 0 aliphatic rings. The quantitative estimate of drug-likeness (QED) is 0.335. The molecule has 1 amide bonds. The van der Waals surface area contributed by atoms with Gasteiger partial charge < -0.3 is 31.0 Å². The van der Waals surface area contributed by atoms with E-state index >= 15 is 0 Å². The lowest BCUT2D eigenvalue weighted by Crippen LogP contribution is -2.46. The van der Waals surface area contributed by atoms with E-state index < -0.39 is 11.3 Å². The first-order valence-electron chi connectivity index (χ1n) is 9.32. The van der Waals surface area contributed by atoms with Gasteiger partial charge in [0.05, 0.1) is 18.8 Å². The van der Waals surface area contributed by atoms with Gasteiger partial charge in [0, 0.05) is 18.7 Å². The summed E-state index contributed by atoms with van der Waals surface area (Å²) in [4.78, 5) is 12.3. The first-order valence-corrected chi connectivity index (χ1v) is 9.32. The Morgan fingerprint density at radius 3 is 1.85 bits per heavy atom. The standard InChI is InChI=1S/C19H41N3O4/c1-16(2,20)9-12-25-18(5,6)15(23)22-11-14-24-17(3,4)10-13-26-19(7,8)21/h9-14,20-21H2,1-8H3,(H,22,23). The summed E-state index contributed by atoms with van der Waals surface area (Å²) >= 11 is 0. The molecule has 0 saturated heterocycles. The van der Waals surface area contributed by atoms with Crippen molar-refractivity contribution in [2.75, 3.05) is 26.4 Å². The first kappa shape index (κ1) is 25.3. The number of rotatable bonds is 13. The molecular formula is C19H41N3O4. The van der Waals surface area contributed by atoms with Crippen LogP contribution in [0.1, 0.15) is 68.2 Å². The number of nitrogens with one attached hydrogen (secondary N) is 1. The van der Waals surface area contributed by atoms with E-state index in [0.717, 1.165) is 0 Å². The largest absolute Gasteiger partial charge is 0.374 e. The summed E-state index contributed by atoms with van der Waals surface area (Å²) in [7, 11) is 0. The van der Waals surface area contributed by atoms with Gasteiger partial charge in [0.2, 0.25) is 0 Å². The minimum Gasteiger partial charge on any atom is -0.374 e. The number of carbonyl (C=O) groups excluding carboxylic acids is 1. The van der Waals surface area contributed by atoms with Gasteiger partial charge in [-0.3, -0.25) is 4.79 Å². The van der Waals surface area contributed by atoms with Crippen molar-refractivity contribution in [1.29, 1.82) is 0 Å². The van der Waals surface area contributed by atoms with Gasteiger partial charge in [-0.25, -0.2) is 0 Å².